The number of rotatable bonds is 6. The monoisotopic (exact) mass is 341 g/mol. The number of nitrogens with one attached hydrogen (secondary N) is 3. The van der Waals surface area contributed by atoms with Crippen LogP contribution >= 0.6 is 0 Å². The lowest BCUT2D eigenvalue weighted by molar-refractivity contribution is 0.0521. The predicted molar refractivity (Wildman–Crippen MR) is 99.7 cm³/mol. The number of hydrogen-bond donors (Lipinski definition) is 3. The van der Waals surface area contributed by atoms with Crippen LogP contribution in [0.5, 0.6) is 0 Å². The summed E-state index contributed by atoms with van der Waals surface area (Å²) in [6.45, 7) is 3.94. The van der Waals surface area contributed by atoms with Crippen molar-refractivity contribution in [3.63, 3.8) is 0 Å². The molecule has 0 aliphatic carbocycles. The summed E-state index contributed by atoms with van der Waals surface area (Å²) in [4.78, 5) is 15.0. The maximum Gasteiger partial charge on any atom is 0.356 e. The Morgan fingerprint density at radius 2 is 2.12 bits per heavy atom. The average molecular weight is 341 g/mol. The summed E-state index contributed by atoms with van der Waals surface area (Å²) in [5.74, 6) is -0.325. The van der Waals surface area contributed by atoms with Crippen LogP contribution in [0.2, 0.25) is 0 Å². The van der Waals surface area contributed by atoms with Crippen molar-refractivity contribution in [1.29, 1.82) is 0 Å². The second kappa shape index (κ2) is 8.72. The Hall–Kier alpha value is -2.27. The minimum absolute atomic E-state index is 0.325. The average Bonchev–Trinajstić information content (AvgIpc) is 2.94. The summed E-state index contributed by atoms with van der Waals surface area (Å²) in [5.41, 5.74) is 3.87. The minimum Gasteiger partial charge on any atom is -0.461 e. The number of carbonyl (C=O) groups excluding carboxylic acids is 1. The van der Waals surface area contributed by atoms with Crippen LogP contribution in [0.25, 0.3) is 0 Å². The molecule has 1 aliphatic heterocycles. The van der Waals surface area contributed by atoms with E-state index in [0.29, 0.717) is 24.9 Å². The van der Waals surface area contributed by atoms with Crippen LogP contribution in [-0.4, -0.2) is 24.1 Å². The largest absolute Gasteiger partial charge is 0.461 e. The topological polar surface area (TPSA) is 66.2 Å². The zero-order valence-electron chi connectivity index (χ0n) is 14.8. The Morgan fingerprint density at radius 3 is 3.00 bits per heavy atom. The Labute approximate surface area is 149 Å². The van der Waals surface area contributed by atoms with Gasteiger partial charge in [-0.2, -0.15) is 0 Å². The molecule has 0 spiro atoms. The quantitative estimate of drug-likeness (QED) is 0.695. The van der Waals surface area contributed by atoms with Crippen molar-refractivity contribution in [2.75, 3.05) is 18.5 Å². The van der Waals surface area contributed by atoms with Gasteiger partial charge in [0, 0.05) is 18.8 Å². The number of aromatic nitrogens is 1. The van der Waals surface area contributed by atoms with E-state index in [1.54, 1.807) is 6.20 Å². The van der Waals surface area contributed by atoms with Crippen molar-refractivity contribution in [1.82, 2.24) is 10.3 Å². The van der Waals surface area contributed by atoms with Gasteiger partial charge in [0.15, 0.2) is 0 Å². The van der Waals surface area contributed by atoms with Crippen molar-refractivity contribution in [2.45, 2.75) is 45.2 Å². The van der Waals surface area contributed by atoms with Gasteiger partial charge in [-0.3, -0.25) is 0 Å². The molecule has 3 rings (SSSR count). The molecule has 1 aromatic carbocycles. The van der Waals surface area contributed by atoms with E-state index >= 15 is 0 Å². The van der Waals surface area contributed by atoms with E-state index < -0.39 is 0 Å². The number of carbonyl (C=O) groups is 1. The van der Waals surface area contributed by atoms with Crippen molar-refractivity contribution in [2.24, 2.45) is 0 Å². The number of hydrogen-bond acceptors (Lipinski definition) is 4. The van der Waals surface area contributed by atoms with E-state index in [2.05, 4.69) is 39.9 Å². The molecule has 1 unspecified atom stereocenters. The molecule has 1 atom stereocenters. The summed E-state index contributed by atoms with van der Waals surface area (Å²) in [5, 5.41) is 7.05. The molecule has 5 heteroatoms. The molecule has 3 N–H and O–H groups in total. The van der Waals surface area contributed by atoms with Gasteiger partial charge >= 0.3 is 5.97 Å². The first-order valence-electron chi connectivity index (χ1n) is 9.19. The van der Waals surface area contributed by atoms with E-state index in [0.717, 1.165) is 12.2 Å². The normalized spacial score (nSPS) is 17.7. The van der Waals surface area contributed by atoms with Crippen LogP contribution in [0.4, 0.5) is 5.69 Å². The Kier molecular flexibility index (Phi) is 6.12. The molecule has 2 heterocycles. The maximum atomic E-state index is 12.0. The van der Waals surface area contributed by atoms with Crippen LogP contribution in [0.15, 0.2) is 36.5 Å². The summed E-state index contributed by atoms with van der Waals surface area (Å²) in [6, 6.07) is 10.8. The lowest BCUT2D eigenvalue weighted by Gasteiger charge is -2.20. The van der Waals surface area contributed by atoms with Gasteiger partial charge < -0.3 is 20.4 Å². The number of anilines is 1. The summed E-state index contributed by atoms with van der Waals surface area (Å²) in [7, 11) is 0. The van der Waals surface area contributed by atoms with Crippen LogP contribution in [0.3, 0.4) is 0 Å². The van der Waals surface area contributed by atoms with Crippen LogP contribution in [0.1, 0.15) is 60.3 Å². The number of ether oxygens (including phenoxy) is 1. The van der Waals surface area contributed by atoms with Gasteiger partial charge in [0.05, 0.1) is 12.3 Å². The fraction of sp³-hybridized carbons (Fsp3) is 0.450. The first kappa shape index (κ1) is 17.5. The van der Waals surface area contributed by atoms with E-state index in [4.69, 9.17) is 4.74 Å². The van der Waals surface area contributed by atoms with Crippen LogP contribution < -0.4 is 10.6 Å². The summed E-state index contributed by atoms with van der Waals surface area (Å²) < 4.78 is 5.09. The lowest BCUT2D eigenvalue weighted by Crippen LogP contribution is -2.22. The Bertz CT molecular complexity index is 688. The van der Waals surface area contributed by atoms with Gasteiger partial charge in [-0.05, 0) is 43.5 Å². The molecule has 1 aromatic heterocycles. The molecular formula is C20H27N3O2. The molecule has 1 aliphatic rings. The molecule has 25 heavy (non-hydrogen) atoms. The fourth-order valence-electron chi connectivity index (χ4n) is 3.41. The number of H-pyrrole nitrogens is 1. The summed E-state index contributed by atoms with van der Waals surface area (Å²) in [6.07, 6.45) is 6.76. The maximum absolute atomic E-state index is 12.0. The van der Waals surface area contributed by atoms with Gasteiger partial charge in [-0.15, -0.1) is 0 Å². The highest BCUT2D eigenvalue weighted by atomic mass is 16.5. The van der Waals surface area contributed by atoms with E-state index in [-0.39, 0.29) is 5.97 Å². The molecule has 2 aromatic rings. The van der Waals surface area contributed by atoms with Crippen molar-refractivity contribution < 1.29 is 9.53 Å². The van der Waals surface area contributed by atoms with Gasteiger partial charge in [0.1, 0.15) is 5.69 Å². The summed E-state index contributed by atoms with van der Waals surface area (Å²) >= 11 is 0. The Morgan fingerprint density at radius 1 is 1.24 bits per heavy atom. The molecule has 0 radical (unpaired) electrons. The third-order valence-electron chi connectivity index (χ3n) is 4.69. The van der Waals surface area contributed by atoms with E-state index in [1.165, 1.54) is 36.8 Å². The minimum atomic E-state index is -0.325. The second-order valence-corrected chi connectivity index (χ2v) is 6.40. The zero-order chi connectivity index (χ0) is 17.5. The third-order valence-corrected chi connectivity index (χ3v) is 4.69. The van der Waals surface area contributed by atoms with Gasteiger partial charge in [-0.25, -0.2) is 4.79 Å². The fourth-order valence-corrected chi connectivity index (χ4v) is 3.41. The molecule has 1 saturated heterocycles. The van der Waals surface area contributed by atoms with Crippen molar-refractivity contribution in [3.05, 3.63) is 53.3 Å². The van der Waals surface area contributed by atoms with Crippen molar-refractivity contribution in [3.8, 4) is 0 Å². The predicted octanol–water partition coefficient (Wildman–Crippen LogP) is 4.01. The number of esters is 1. The van der Waals surface area contributed by atoms with Crippen molar-refractivity contribution >= 4 is 11.7 Å². The molecule has 0 bridgehead atoms. The van der Waals surface area contributed by atoms with Crippen LogP contribution in [-0.2, 0) is 11.3 Å². The Balaban J connectivity index is 1.72. The van der Waals surface area contributed by atoms with Gasteiger partial charge in [0.2, 0.25) is 0 Å². The van der Waals surface area contributed by atoms with Gasteiger partial charge in [-0.1, -0.05) is 37.1 Å². The van der Waals surface area contributed by atoms with Crippen LogP contribution in [0, 0.1) is 0 Å². The molecule has 1 fully saturated rings. The van der Waals surface area contributed by atoms with E-state index in [1.807, 2.05) is 13.0 Å². The highest BCUT2D eigenvalue weighted by Gasteiger charge is 2.18. The molecule has 134 valence electrons. The molecular weight excluding hydrogens is 314 g/mol. The standard InChI is InChI=1S/C20H27N3O2/c1-2-25-20(24)19-18(11-13-22-19)23-14-15-8-5-6-9-16(15)17-10-4-3-7-12-21-17/h5-6,8-9,11,13,17,21-23H,2-4,7,10,12,14H2,1H3. The SMILES string of the molecule is CCOC(=O)c1[nH]ccc1NCc1ccccc1C1CCCCCN1. The molecule has 0 amide bonds. The molecule has 5 nitrogen and oxygen atoms in total. The number of benzene rings is 1. The second-order valence-electron chi connectivity index (χ2n) is 6.40. The first-order chi connectivity index (χ1) is 12.3. The highest BCUT2D eigenvalue weighted by Crippen LogP contribution is 2.26. The van der Waals surface area contributed by atoms with E-state index in [9.17, 15) is 4.79 Å². The van der Waals surface area contributed by atoms with Gasteiger partial charge in [0.25, 0.3) is 0 Å². The first-order valence-corrected chi connectivity index (χ1v) is 9.19. The molecule has 0 saturated carbocycles. The zero-order valence-corrected chi connectivity index (χ0v) is 14.8. The number of aromatic amines is 1. The smallest absolute Gasteiger partial charge is 0.356 e. The lowest BCUT2D eigenvalue weighted by atomic mass is 9.97. The third kappa shape index (κ3) is 4.42. The highest BCUT2D eigenvalue weighted by molar-refractivity contribution is 5.93.